The molecule has 0 radical (unpaired) electrons. The monoisotopic (exact) mass is 292 g/mol. The molecule has 2 aliphatic heterocycles. The number of rotatable bonds is 0. The number of para-hydroxylation sites is 1. The van der Waals surface area contributed by atoms with Crippen LogP contribution in [0.4, 0.5) is 5.69 Å². The Kier molecular flexibility index (Phi) is 2.58. The molecule has 1 amide bonds. The third-order valence-corrected chi connectivity index (χ3v) is 4.88. The molecule has 22 heavy (non-hydrogen) atoms. The number of fused-ring (bicyclic) bond motifs is 3. The molecule has 1 aliphatic carbocycles. The molecule has 4 rings (SSSR count). The summed E-state index contributed by atoms with van der Waals surface area (Å²) < 4.78 is 0. The number of carbonyl (C=O) groups excluding carboxylic acids is 1. The highest BCUT2D eigenvalue weighted by Crippen LogP contribution is 2.53. The summed E-state index contributed by atoms with van der Waals surface area (Å²) in [6, 6.07) is 9.76. The third kappa shape index (κ3) is 1.39. The van der Waals surface area contributed by atoms with Crippen molar-refractivity contribution in [1.29, 1.82) is 5.26 Å². The number of nitrogens with zero attached hydrogens (tertiary/aromatic N) is 1. The van der Waals surface area contributed by atoms with Crippen molar-refractivity contribution in [3.63, 3.8) is 0 Å². The fourth-order valence-electron chi connectivity index (χ4n) is 3.98. The highest BCUT2D eigenvalue weighted by Gasteiger charge is 2.56. The molecule has 4 N–H and O–H groups in total. The van der Waals surface area contributed by atoms with Gasteiger partial charge in [-0.3, -0.25) is 4.79 Å². The van der Waals surface area contributed by atoms with Crippen molar-refractivity contribution in [3.05, 3.63) is 52.5 Å². The quantitative estimate of drug-likeness (QED) is 0.682. The number of anilines is 1. The topological polar surface area (TPSA) is 90.9 Å². The predicted octanol–water partition coefficient (Wildman–Crippen LogP) is 2.00. The number of nitrogens with one attached hydrogen (secondary N) is 2. The molecule has 0 saturated heterocycles. The van der Waals surface area contributed by atoms with Crippen molar-refractivity contribution < 1.29 is 4.79 Å². The van der Waals surface area contributed by atoms with Crippen molar-refractivity contribution >= 4 is 11.6 Å². The number of benzene rings is 1. The molecule has 0 fully saturated rings. The number of allylic oxidation sites excluding steroid dienone is 1. The zero-order valence-electron chi connectivity index (χ0n) is 12.1. The van der Waals surface area contributed by atoms with Gasteiger partial charge >= 0.3 is 0 Å². The maximum absolute atomic E-state index is 13.0. The number of dihydropyridines is 1. The Hall–Kier alpha value is -2.74. The summed E-state index contributed by atoms with van der Waals surface area (Å²) in [7, 11) is 0. The van der Waals surface area contributed by atoms with Crippen LogP contribution in [0.5, 0.6) is 0 Å². The lowest BCUT2D eigenvalue weighted by molar-refractivity contribution is -0.118. The molecule has 3 aliphatic rings. The van der Waals surface area contributed by atoms with Crippen LogP contribution < -0.4 is 16.4 Å². The van der Waals surface area contributed by atoms with Gasteiger partial charge in [-0.25, -0.2) is 0 Å². The molecule has 5 heteroatoms. The lowest BCUT2D eigenvalue weighted by Crippen LogP contribution is -2.47. The van der Waals surface area contributed by atoms with Gasteiger partial charge in [-0.1, -0.05) is 18.2 Å². The van der Waals surface area contributed by atoms with Crippen LogP contribution in [0.15, 0.2) is 46.9 Å². The van der Waals surface area contributed by atoms with E-state index in [1.807, 2.05) is 24.3 Å². The molecule has 0 saturated carbocycles. The van der Waals surface area contributed by atoms with Gasteiger partial charge in [-0.2, -0.15) is 5.26 Å². The number of carbonyl (C=O) groups is 1. The second-order valence-corrected chi connectivity index (χ2v) is 5.94. The minimum atomic E-state index is -1.05. The lowest BCUT2D eigenvalue weighted by Gasteiger charge is -2.39. The predicted molar refractivity (Wildman–Crippen MR) is 82.2 cm³/mol. The zero-order chi connectivity index (χ0) is 15.3. The van der Waals surface area contributed by atoms with Crippen molar-refractivity contribution in [2.45, 2.75) is 31.1 Å². The Morgan fingerprint density at radius 2 is 1.95 bits per heavy atom. The third-order valence-electron chi connectivity index (χ3n) is 4.88. The van der Waals surface area contributed by atoms with Crippen LogP contribution in [0.2, 0.25) is 0 Å². The molecule has 0 aromatic heterocycles. The van der Waals surface area contributed by atoms with E-state index >= 15 is 0 Å². The van der Waals surface area contributed by atoms with Gasteiger partial charge < -0.3 is 16.4 Å². The molecule has 1 spiro atoms. The normalized spacial score (nSPS) is 26.2. The van der Waals surface area contributed by atoms with Crippen molar-refractivity contribution in [2.24, 2.45) is 5.73 Å². The maximum Gasteiger partial charge on any atom is 0.244 e. The Bertz CT molecular complexity index is 799. The highest BCUT2D eigenvalue weighted by atomic mass is 16.2. The van der Waals surface area contributed by atoms with Gasteiger partial charge in [0.1, 0.15) is 17.3 Å². The van der Waals surface area contributed by atoms with Crippen LogP contribution in [-0.4, -0.2) is 5.91 Å². The van der Waals surface area contributed by atoms with Gasteiger partial charge in [0, 0.05) is 16.9 Å². The van der Waals surface area contributed by atoms with E-state index in [0.717, 1.165) is 48.2 Å². The van der Waals surface area contributed by atoms with E-state index in [-0.39, 0.29) is 5.91 Å². The molecular weight excluding hydrogens is 276 g/mol. The van der Waals surface area contributed by atoms with E-state index in [1.54, 1.807) is 0 Å². The largest absolute Gasteiger partial charge is 0.384 e. The molecule has 1 atom stereocenters. The van der Waals surface area contributed by atoms with E-state index in [1.165, 1.54) is 0 Å². The summed E-state index contributed by atoms with van der Waals surface area (Å²) in [5, 5.41) is 15.8. The van der Waals surface area contributed by atoms with Crippen molar-refractivity contribution in [2.75, 3.05) is 5.32 Å². The molecule has 2 heterocycles. The summed E-state index contributed by atoms with van der Waals surface area (Å²) in [5.74, 6) is 0.138. The number of hydrogen-bond acceptors (Lipinski definition) is 4. The Balaban J connectivity index is 2.08. The summed E-state index contributed by atoms with van der Waals surface area (Å²) >= 11 is 0. The Labute approximate surface area is 128 Å². The zero-order valence-corrected chi connectivity index (χ0v) is 12.1. The maximum atomic E-state index is 13.0. The van der Waals surface area contributed by atoms with Crippen molar-refractivity contribution in [3.8, 4) is 6.07 Å². The second kappa shape index (κ2) is 4.38. The van der Waals surface area contributed by atoms with E-state index in [4.69, 9.17) is 5.73 Å². The van der Waals surface area contributed by atoms with E-state index in [0.29, 0.717) is 11.4 Å². The summed E-state index contributed by atoms with van der Waals surface area (Å²) in [5.41, 5.74) is 9.00. The highest BCUT2D eigenvalue weighted by molar-refractivity contribution is 6.12. The average molecular weight is 292 g/mol. The fourth-order valence-corrected chi connectivity index (χ4v) is 3.98. The van der Waals surface area contributed by atoms with Gasteiger partial charge in [0.2, 0.25) is 5.91 Å². The van der Waals surface area contributed by atoms with Crippen LogP contribution >= 0.6 is 0 Å². The molecular formula is C17H16N4O. The molecule has 110 valence electrons. The summed E-state index contributed by atoms with van der Waals surface area (Å²) in [4.78, 5) is 13.0. The Morgan fingerprint density at radius 3 is 2.77 bits per heavy atom. The second-order valence-electron chi connectivity index (χ2n) is 5.94. The van der Waals surface area contributed by atoms with Gasteiger partial charge in [-0.15, -0.1) is 0 Å². The number of hydrogen-bond donors (Lipinski definition) is 3. The van der Waals surface area contributed by atoms with Crippen LogP contribution in [0.1, 0.15) is 31.2 Å². The van der Waals surface area contributed by atoms with E-state index in [9.17, 15) is 10.1 Å². The summed E-state index contributed by atoms with van der Waals surface area (Å²) in [6.07, 6.45) is 3.77. The van der Waals surface area contributed by atoms with Gasteiger partial charge in [-0.05, 0) is 37.3 Å². The van der Waals surface area contributed by atoms with Crippen molar-refractivity contribution in [1.82, 2.24) is 5.32 Å². The first kappa shape index (κ1) is 13.0. The minimum absolute atomic E-state index is 0.163. The van der Waals surface area contributed by atoms with Crippen LogP contribution in [0.3, 0.4) is 0 Å². The van der Waals surface area contributed by atoms with Gasteiger partial charge in [0.25, 0.3) is 0 Å². The first-order chi connectivity index (χ1) is 10.7. The van der Waals surface area contributed by atoms with Crippen LogP contribution in [-0.2, 0) is 10.2 Å². The van der Waals surface area contributed by atoms with E-state index < -0.39 is 5.41 Å². The molecule has 0 unspecified atom stereocenters. The van der Waals surface area contributed by atoms with Crippen LogP contribution in [0, 0.1) is 11.3 Å². The molecule has 5 nitrogen and oxygen atoms in total. The first-order valence-corrected chi connectivity index (χ1v) is 7.50. The molecule has 0 bridgehead atoms. The summed E-state index contributed by atoms with van der Waals surface area (Å²) in [6.45, 7) is 0. The fraction of sp³-hybridized carbons (Fsp3) is 0.294. The number of nitrogens with two attached hydrogens (primary N) is 1. The molecule has 1 aromatic carbocycles. The Morgan fingerprint density at radius 1 is 1.18 bits per heavy atom. The number of nitriles is 1. The number of amides is 1. The van der Waals surface area contributed by atoms with E-state index in [2.05, 4.69) is 16.7 Å². The van der Waals surface area contributed by atoms with Gasteiger partial charge in [0.15, 0.2) is 0 Å². The molecule has 1 aromatic rings. The minimum Gasteiger partial charge on any atom is -0.384 e. The lowest BCUT2D eigenvalue weighted by atomic mass is 9.64. The average Bonchev–Trinajstić information content (AvgIpc) is 2.81. The van der Waals surface area contributed by atoms with Gasteiger partial charge in [0.05, 0.1) is 5.57 Å². The standard InChI is InChI=1S/C17H16N4O/c18-9-12-15(19)20-13-7-3-1-5-10(13)17(12)11-6-2-4-8-14(11)21-16(17)22/h2,4,6,8,20H,1,3,5,7,19H2,(H,21,22)/t17-/m0/s1. The smallest absolute Gasteiger partial charge is 0.244 e. The first-order valence-electron chi connectivity index (χ1n) is 7.50. The van der Waals surface area contributed by atoms with Crippen LogP contribution in [0.25, 0.3) is 0 Å². The SMILES string of the molecule is N#CC1=C(N)NC2=C(CCCC2)[C@@]12C(=O)Nc1ccccc12.